The molecule has 142 valence electrons. The number of carbonyl (C=O) groups excluding carboxylic acids is 1. The second-order valence-electron chi connectivity index (χ2n) is 7.25. The van der Waals surface area contributed by atoms with E-state index in [4.69, 9.17) is 0 Å². The number of fused-ring (bicyclic) bond motifs is 1. The van der Waals surface area contributed by atoms with Gasteiger partial charge in [-0.05, 0) is 50.1 Å². The lowest BCUT2D eigenvalue weighted by atomic mass is 10.0. The second-order valence-corrected chi connectivity index (χ2v) is 8.23. The number of H-pyrrole nitrogens is 1. The van der Waals surface area contributed by atoms with Crippen molar-refractivity contribution < 1.29 is 4.79 Å². The van der Waals surface area contributed by atoms with Gasteiger partial charge in [0.25, 0.3) is 5.56 Å². The van der Waals surface area contributed by atoms with Gasteiger partial charge in [0.15, 0.2) is 0 Å². The molecule has 1 N–H and O–H groups in total. The number of hydrogen-bond donors (Lipinski definition) is 1. The number of pyridine rings is 1. The molecule has 1 amide bonds. The summed E-state index contributed by atoms with van der Waals surface area (Å²) >= 11 is 1.71. The molecule has 0 aliphatic carbocycles. The maximum atomic E-state index is 12.9. The Kier molecular flexibility index (Phi) is 4.63. The Morgan fingerprint density at radius 2 is 2.22 bits per heavy atom. The minimum absolute atomic E-state index is 0.118. The monoisotopic (exact) mass is 384 g/mol. The van der Waals surface area contributed by atoms with E-state index in [2.05, 4.69) is 21.5 Å². The van der Waals surface area contributed by atoms with Crippen LogP contribution in [0, 0.1) is 13.8 Å². The minimum atomic E-state index is -0.118. The third-order valence-corrected chi connectivity index (χ3v) is 6.56. The van der Waals surface area contributed by atoms with Gasteiger partial charge >= 0.3 is 0 Å². The Bertz CT molecular complexity index is 1050. The van der Waals surface area contributed by atoms with Gasteiger partial charge in [-0.15, -0.1) is 11.3 Å². The number of nitrogens with zero attached hydrogens (tertiary/aromatic N) is 3. The van der Waals surface area contributed by atoms with Crippen LogP contribution >= 0.6 is 11.3 Å². The molecule has 0 aromatic carbocycles. The molecule has 1 saturated heterocycles. The van der Waals surface area contributed by atoms with Crippen molar-refractivity contribution in [1.29, 1.82) is 0 Å². The number of rotatable bonds is 4. The summed E-state index contributed by atoms with van der Waals surface area (Å²) in [5.41, 5.74) is 3.14. The van der Waals surface area contributed by atoms with Crippen molar-refractivity contribution in [3.8, 4) is 0 Å². The first-order valence-corrected chi connectivity index (χ1v) is 10.2. The highest BCUT2D eigenvalue weighted by Gasteiger charge is 2.30. The summed E-state index contributed by atoms with van der Waals surface area (Å²) in [5.74, 6) is 0.132. The molecule has 3 aromatic rings. The number of nitrogens with one attached hydrogen (secondary N) is 1. The first-order chi connectivity index (χ1) is 13.0. The van der Waals surface area contributed by atoms with Gasteiger partial charge in [-0.1, -0.05) is 6.07 Å². The maximum Gasteiger partial charge on any atom is 0.253 e. The highest BCUT2D eigenvalue weighted by molar-refractivity contribution is 7.10. The highest BCUT2D eigenvalue weighted by atomic mass is 32.1. The van der Waals surface area contributed by atoms with Crippen molar-refractivity contribution in [2.75, 3.05) is 6.54 Å². The van der Waals surface area contributed by atoms with Crippen molar-refractivity contribution in [1.82, 2.24) is 19.7 Å². The lowest BCUT2D eigenvalue weighted by molar-refractivity contribution is -0.132. The summed E-state index contributed by atoms with van der Waals surface area (Å²) < 4.78 is 1.70. The number of aryl methyl sites for hydroxylation is 3. The van der Waals surface area contributed by atoms with E-state index in [9.17, 15) is 9.59 Å². The van der Waals surface area contributed by atoms with Crippen LogP contribution in [-0.2, 0) is 18.3 Å². The summed E-state index contributed by atoms with van der Waals surface area (Å²) in [7, 11) is 1.83. The fourth-order valence-electron chi connectivity index (χ4n) is 4.27. The molecule has 1 aliphatic heterocycles. The van der Waals surface area contributed by atoms with Gasteiger partial charge in [0.05, 0.1) is 11.7 Å². The molecule has 1 fully saturated rings. The van der Waals surface area contributed by atoms with Crippen molar-refractivity contribution in [2.45, 2.75) is 45.6 Å². The third-order valence-electron chi connectivity index (χ3n) is 5.59. The van der Waals surface area contributed by atoms with E-state index in [1.807, 2.05) is 31.9 Å². The van der Waals surface area contributed by atoms with Gasteiger partial charge in [-0.25, -0.2) is 0 Å². The van der Waals surface area contributed by atoms with Crippen LogP contribution < -0.4 is 5.56 Å². The Hall–Kier alpha value is -2.41. The Balaban J connectivity index is 1.56. The maximum absolute atomic E-state index is 12.9. The van der Waals surface area contributed by atoms with Crippen LogP contribution in [0.25, 0.3) is 11.0 Å². The lowest BCUT2D eigenvalue weighted by Crippen LogP contribution is -2.31. The van der Waals surface area contributed by atoms with Crippen molar-refractivity contribution in [3.05, 3.63) is 49.6 Å². The fraction of sp³-hybridized carbons (Fsp3) is 0.450. The SMILES string of the molecule is Cc1nn(C)c2[nH]c(=O)c(CCC(=O)N3CCCC3c3cccs3)c(C)c12. The Labute approximate surface area is 161 Å². The summed E-state index contributed by atoms with van der Waals surface area (Å²) in [6, 6.07) is 4.34. The van der Waals surface area contributed by atoms with Gasteiger partial charge in [0.1, 0.15) is 5.65 Å². The molecule has 27 heavy (non-hydrogen) atoms. The first-order valence-electron chi connectivity index (χ1n) is 9.35. The van der Waals surface area contributed by atoms with E-state index < -0.39 is 0 Å². The molecule has 7 heteroatoms. The fourth-order valence-corrected chi connectivity index (χ4v) is 5.15. The smallest absolute Gasteiger partial charge is 0.253 e. The predicted octanol–water partition coefficient (Wildman–Crippen LogP) is 3.24. The molecule has 0 radical (unpaired) electrons. The number of aromatic amines is 1. The van der Waals surface area contributed by atoms with Crippen LogP contribution in [0.15, 0.2) is 22.3 Å². The van der Waals surface area contributed by atoms with Gasteiger partial charge in [-0.3, -0.25) is 14.3 Å². The molecule has 0 saturated carbocycles. The topological polar surface area (TPSA) is 71.0 Å². The first kappa shape index (κ1) is 18.0. The second kappa shape index (κ2) is 6.96. The number of hydrogen-bond acceptors (Lipinski definition) is 4. The van der Waals surface area contributed by atoms with Crippen molar-refractivity contribution >= 4 is 28.3 Å². The highest BCUT2D eigenvalue weighted by Crippen LogP contribution is 2.35. The summed E-state index contributed by atoms with van der Waals surface area (Å²) in [4.78, 5) is 31.6. The number of carbonyl (C=O) groups is 1. The third kappa shape index (κ3) is 3.10. The largest absolute Gasteiger partial charge is 0.335 e. The standard InChI is InChI=1S/C20H24N4O2S/c1-12-14(20(26)21-19-18(12)13(2)22-23(19)3)8-9-17(25)24-10-4-6-15(24)16-7-5-11-27-16/h5,7,11,15H,4,6,8-10H2,1-3H3,(H,21,26). The van der Waals surface area contributed by atoms with E-state index >= 15 is 0 Å². The van der Waals surface area contributed by atoms with Crippen molar-refractivity contribution in [2.24, 2.45) is 7.05 Å². The summed E-state index contributed by atoms with van der Waals surface area (Å²) in [6.07, 6.45) is 2.87. The van der Waals surface area contributed by atoms with Crippen LogP contribution in [0.2, 0.25) is 0 Å². The van der Waals surface area contributed by atoms with Crippen LogP contribution in [0.3, 0.4) is 0 Å². The van der Waals surface area contributed by atoms with E-state index in [0.29, 0.717) is 18.4 Å². The van der Waals surface area contributed by atoms with Gasteiger partial charge in [0, 0.05) is 35.8 Å². The molecular weight excluding hydrogens is 360 g/mol. The number of aromatic nitrogens is 3. The normalized spacial score (nSPS) is 17.1. The van der Waals surface area contributed by atoms with Crippen LogP contribution in [0.4, 0.5) is 0 Å². The van der Waals surface area contributed by atoms with Crippen LogP contribution in [0.1, 0.15) is 47.0 Å². The molecule has 1 aliphatic rings. The van der Waals surface area contributed by atoms with Crippen LogP contribution in [0.5, 0.6) is 0 Å². The number of thiophene rings is 1. The predicted molar refractivity (Wildman–Crippen MR) is 107 cm³/mol. The summed E-state index contributed by atoms with van der Waals surface area (Å²) in [6.45, 7) is 4.70. The average molecular weight is 385 g/mol. The summed E-state index contributed by atoms with van der Waals surface area (Å²) in [5, 5.41) is 7.45. The van der Waals surface area contributed by atoms with E-state index in [0.717, 1.165) is 41.7 Å². The van der Waals surface area contributed by atoms with Gasteiger partial charge < -0.3 is 9.88 Å². The quantitative estimate of drug-likeness (QED) is 0.751. The minimum Gasteiger partial charge on any atom is -0.335 e. The molecule has 1 atom stereocenters. The van der Waals surface area contributed by atoms with E-state index in [1.165, 1.54) is 4.88 Å². The molecule has 6 nitrogen and oxygen atoms in total. The van der Waals surface area contributed by atoms with Gasteiger partial charge in [0.2, 0.25) is 5.91 Å². The molecule has 0 bridgehead atoms. The Morgan fingerprint density at radius 3 is 2.96 bits per heavy atom. The molecule has 0 spiro atoms. The average Bonchev–Trinajstić information content (AvgIpc) is 3.35. The number of amides is 1. The molecule has 4 rings (SSSR count). The van der Waals surface area contributed by atoms with Crippen molar-refractivity contribution in [3.63, 3.8) is 0 Å². The molecule has 4 heterocycles. The zero-order chi connectivity index (χ0) is 19.1. The molecule has 3 aromatic heterocycles. The Morgan fingerprint density at radius 1 is 1.41 bits per heavy atom. The lowest BCUT2D eigenvalue weighted by Gasteiger charge is -2.24. The number of likely N-dealkylation sites (tertiary alicyclic amines) is 1. The van der Waals surface area contributed by atoms with E-state index in [-0.39, 0.29) is 17.5 Å². The molecular formula is C20H24N4O2S. The van der Waals surface area contributed by atoms with E-state index in [1.54, 1.807) is 16.0 Å². The van der Waals surface area contributed by atoms with Gasteiger partial charge in [-0.2, -0.15) is 5.10 Å². The molecule has 1 unspecified atom stereocenters. The zero-order valence-corrected chi connectivity index (χ0v) is 16.7. The van der Waals surface area contributed by atoms with Crippen LogP contribution in [-0.4, -0.2) is 32.1 Å². The zero-order valence-electron chi connectivity index (χ0n) is 15.9.